The maximum absolute atomic E-state index is 2.31. The van der Waals surface area contributed by atoms with Crippen LogP contribution in [0.15, 0.2) is 42.5 Å². The molecule has 0 fully saturated rings. The molecule has 0 radical (unpaired) electrons. The van der Waals surface area contributed by atoms with E-state index in [-0.39, 0.29) is 0 Å². The Morgan fingerprint density at radius 2 is 1.12 bits per heavy atom. The van der Waals surface area contributed by atoms with Crippen LogP contribution < -0.4 is 4.90 Å². The molecule has 2 rings (SSSR count). The number of anilines is 1. The highest BCUT2D eigenvalue weighted by molar-refractivity contribution is 5.71. The second-order valence-electron chi connectivity index (χ2n) is 7.38. The minimum Gasteiger partial charge on any atom is -0.378 e. The molecule has 3 nitrogen and oxygen atoms in total. The Labute approximate surface area is 153 Å². The Morgan fingerprint density at radius 1 is 0.640 bits per heavy atom. The molecule has 0 aliphatic rings. The van der Waals surface area contributed by atoms with Gasteiger partial charge in [-0.1, -0.05) is 42.5 Å². The predicted molar refractivity (Wildman–Crippen MR) is 111 cm³/mol. The Kier molecular flexibility index (Phi) is 6.80. The second kappa shape index (κ2) is 8.84. The molecule has 0 saturated heterocycles. The number of benzene rings is 2. The van der Waals surface area contributed by atoms with E-state index in [1.165, 1.54) is 27.9 Å². The molecule has 0 N–H and O–H groups in total. The second-order valence-corrected chi connectivity index (χ2v) is 7.38. The Morgan fingerprint density at radius 3 is 1.56 bits per heavy atom. The summed E-state index contributed by atoms with van der Waals surface area (Å²) in [4.78, 5) is 6.54. The maximum Gasteiger partial charge on any atom is 0.0361 e. The topological polar surface area (TPSA) is 9.72 Å². The standard InChI is InChI=1S/C22H31N3/c1-23(2)16-20-13-19(14-21(15-20)17-24(3)4)8-7-18-9-11-22(12-10-18)25(5)6/h7-15H,16-17H2,1-6H3/b8-7+. The highest BCUT2D eigenvalue weighted by Crippen LogP contribution is 2.18. The summed E-state index contributed by atoms with van der Waals surface area (Å²) in [6, 6.07) is 15.5. The van der Waals surface area contributed by atoms with Crippen LogP contribution in [0.4, 0.5) is 5.69 Å². The van der Waals surface area contributed by atoms with E-state index in [4.69, 9.17) is 0 Å². The lowest BCUT2D eigenvalue weighted by Crippen LogP contribution is -2.13. The zero-order valence-corrected chi connectivity index (χ0v) is 16.5. The van der Waals surface area contributed by atoms with Crippen LogP contribution in [0.25, 0.3) is 12.2 Å². The van der Waals surface area contributed by atoms with Gasteiger partial charge in [0.05, 0.1) is 0 Å². The number of rotatable bonds is 7. The van der Waals surface area contributed by atoms with Gasteiger partial charge in [-0.25, -0.2) is 0 Å². The molecule has 0 aromatic heterocycles. The van der Waals surface area contributed by atoms with Crippen molar-refractivity contribution in [3.63, 3.8) is 0 Å². The van der Waals surface area contributed by atoms with Gasteiger partial charge < -0.3 is 14.7 Å². The molecule has 0 unspecified atom stereocenters. The fraction of sp³-hybridized carbons (Fsp3) is 0.364. The highest BCUT2D eigenvalue weighted by Gasteiger charge is 2.03. The number of nitrogens with zero attached hydrogens (tertiary/aromatic N) is 3. The van der Waals surface area contributed by atoms with Gasteiger partial charge in [-0.3, -0.25) is 0 Å². The first-order valence-corrected chi connectivity index (χ1v) is 8.71. The van der Waals surface area contributed by atoms with Crippen LogP contribution in [0, 0.1) is 0 Å². The van der Waals surface area contributed by atoms with Crippen molar-refractivity contribution in [3.05, 3.63) is 64.7 Å². The van der Waals surface area contributed by atoms with Crippen LogP contribution in [0.1, 0.15) is 22.3 Å². The summed E-state index contributed by atoms with van der Waals surface area (Å²) in [5.41, 5.74) is 6.41. The van der Waals surface area contributed by atoms with E-state index in [9.17, 15) is 0 Å². The molecule has 2 aromatic rings. The van der Waals surface area contributed by atoms with Gasteiger partial charge in [0.1, 0.15) is 0 Å². The Bertz CT molecular complexity index is 669. The predicted octanol–water partition coefficient (Wildman–Crippen LogP) is 4.05. The molecule has 2 aromatic carbocycles. The molecule has 0 aliphatic carbocycles. The zero-order chi connectivity index (χ0) is 18.4. The third-order valence-corrected chi connectivity index (χ3v) is 3.95. The molecule has 0 amide bonds. The van der Waals surface area contributed by atoms with Crippen molar-refractivity contribution in [1.29, 1.82) is 0 Å². The lowest BCUT2D eigenvalue weighted by atomic mass is 10.0. The van der Waals surface area contributed by atoms with Gasteiger partial charge in [0.15, 0.2) is 0 Å². The van der Waals surface area contributed by atoms with E-state index in [1.54, 1.807) is 0 Å². The normalized spacial score (nSPS) is 11.7. The smallest absolute Gasteiger partial charge is 0.0361 e. The summed E-state index contributed by atoms with van der Waals surface area (Å²) in [6.07, 6.45) is 4.40. The molecule has 0 aliphatic heterocycles. The van der Waals surface area contributed by atoms with Crippen LogP contribution in [0.2, 0.25) is 0 Å². The van der Waals surface area contributed by atoms with E-state index in [2.05, 4.69) is 112 Å². The largest absolute Gasteiger partial charge is 0.378 e. The first kappa shape index (κ1) is 19.2. The SMILES string of the molecule is CN(C)Cc1cc(/C=C/c2ccc(N(C)C)cc2)cc(CN(C)C)c1. The Hall–Kier alpha value is -2.10. The van der Waals surface area contributed by atoms with Crippen molar-refractivity contribution in [3.8, 4) is 0 Å². The molecule has 3 heteroatoms. The molecule has 25 heavy (non-hydrogen) atoms. The molecule has 0 heterocycles. The molecule has 0 spiro atoms. The molecular formula is C22H31N3. The lowest BCUT2D eigenvalue weighted by Gasteiger charge is -2.15. The van der Waals surface area contributed by atoms with Crippen molar-refractivity contribution in [1.82, 2.24) is 9.80 Å². The summed E-state index contributed by atoms with van der Waals surface area (Å²) < 4.78 is 0. The van der Waals surface area contributed by atoms with Gasteiger partial charge in [-0.2, -0.15) is 0 Å². The van der Waals surface area contributed by atoms with Crippen LogP contribution in [0.3, 0.4) is 0 Å². The summed E-state index contributed by atoms with van der Waals surface area (Å²) in [5, 5.41) is 0. The summed E-state index contributed by atoms with van der Waals surface area (Å²) in [7, 11) is 12.6. The van der Waals surface area contributed by atoms with Gasteiger partial charge in [0.2, 0.25) is 0 Å². The molecule has 134 valence electrons. The third-order valence-electron chi connectivity index (χ3n) is 3.95. The van der Waals surface area contributed by atoms with Gasteiger partial charge >= 0.3 is 0 Å². The molecule has 0 bridgehead atoms. The van der Waals surface area contributed by atoms with Crippen molar-refractivity contribution < 1.29 is 0 Å². The van der Waals surface area contributed by atoms with Crippen molar-refractivity contribution in [2.45, 2.75) is 13.1 Å². The monoisotopic (exact) mass is 337 g/mol. The summed E-state index contributed by atoms with van der Waals surface area (Å²) in [5.74, 6) is 0. The van der Waals surface area contributed by atoms with E-state index >= 15 is 0 Å². The van der Waals surface area contributed by atoms with Crippen molar-refractivity contribution >= 4 is 17.8 Å². The fourth-order valence-corrected chi connectivity index (χ4v) is 2.88. The summed E-state index contributed by atoms with van der Waals surface area (Å²) in [6.45, 7) is 1.92. The maximum atomic E-state index is 2.31. The van der Waals surface area contributed by atoms with Gasteiger partial charge in [0.25, 0.3) is 0 Å². The average molecular weight is 338 g/mol. The van der Waals surface area contributed by atoms with Gasteiger partial charge in [-0.15, -0.1) is 0 Å². The molecule has 0 saturated carbocycles. The number of hydrogen-bond donors (Lipinski definition) is 0. The number of hydrogen-bond acceptors (Lipinski definition) is 3. The van der Waals surface area contributed by atoms with Gasteiger partial charge in [0, 0.05) is 32.9 Å². The highest BCUT2D eigenvalue weighted by atomic mass is 15.1. The van der Waals surface area contributed by atoms with Crippen LogP contribution >= 0.6 is 0 Å². The van der Waals surface area contributed by atoms with E-state index in [0.29, 0.717) is 0 Å². The van der Waals surface area contributed by atoms with Crippen molar-refractivity contribution in [2.24, 2.45) is 0 Å². The first-order chi connectivity index (χ1) is 11.8. The van der Waals surface area contributed by atoms with E-state index < -0.39 is 0 Å². The van der Waals surface area contributed by atoms with Crippen LogP contribution in [0.5, 0.6) is 0 Å². The molecular weight excluding hydrogens is 306 g/mol. The van der Waals surface area contributed by atoms with Crippen molar-refractivity contribution in [2.75, 3.05) is 47.2 Å². The van der Waals surface area contributed by atoms with Gasteiger partial charge in [-0.05, 0) is 62.6 Å². The fourth-order valence-electron chi connectivity index (χ4n) is 2.88. The minimum atomic E-state index is 0.958. The summed E-state index contributed by atoms with van der Waals surface area (Å²) >= 11 is 0. The van der Waals surface area contributed by atoms with E-state index in [1.807, 2.05) is 0 Å². The minimum absolute atomic E-state index is 0.958. The van der Waals surface area contributed by atoms with E-state index in [0.717, 1.165) is 13.1 Å². The third kappa shape index (κ3) is 6.37. The van der Waals surface area contributed by atoms with Crippen LogP contribution in [-0.4, -0.2) is 52.1 Å². The quantitative estimate of drug-likeness (QED) is 0.706. The molecule has 0 atom stereocenters. The Balaban J connectivity index is 2.23. The average Bonchev–Trinajstić information content (AvgIpc) is 2.51. The van der Waals surface area contributed by atoms with Crippen LogP contribution in [-0.2, 0) is 13.1 Å². The first-order valence-electron chi connectivity index (χ1n) is 8.71. The lowest BCUT2D eigenvalue weighted by molar-refractivity contribution is 0.395. The zero-order valence-electron chi connectivity index (χ0n) is 16.5.